The lowest BCUT2D eigenvalue weighted by molar-refractivity contribution is 0.256. The largest absolute Gasteiger partial charge is 0.493 e. The van der Waals surface area contributed by atoms with E-state index < -0.39 is 0 Å². The third-order valence-corrected chi connectivity index (χ3v) is 3.98. The van der Waals surface area contributed by atoms with Crippen LogP contribution in [-0.2, 0) is 0 Å². The van der Waals surface area contributed by atoms with Crippen LogP contribution in [0.2, 0.25) is 0 Å². The normalized spacial score (nSPS) is 13.3. The molecule has 3 heteroatoms. The van der Waals surface area contributed by atoms with Gasteiger partial charge in [0, 0.05) is 17.0 Å². The highest BCUT2D eigenvalue weighted by Crippen LogP contribution is 2.23. The zero-order valence-electron chi connectivity index (χ0n) is 15.6. The lowest BCUT2D eigenvalue weighted by atomic mass is 10.1. The zero-order chi connectivity index (χ0) is 17.9. The molecule has 1 atom stereocenters. The van der Waals surface area contributed by atoms with Crippen molar-refractivity contribution in [1.82, 2.24) is 5.32 Å². The van der Waals surface area contributed by atoms with Crippen LogP contribution in [0.4, 0.5) is 0 Å². The second kappa shape index (κ2) is 10.5. The smallest absolute Gasteiger partial charge is 0.121 e. The third kappa shape index (κ3) is 6.50. The topological polar surface area (TPSA) is 45.0 Å². The van der Waals surface area contributed by atoms with Crippen LogP contribution >= 0.6 is 0 Å². The Labute approximate surface area is 147 Å². The van der Waals surface area contributed by atoms with Crippen LogP contribution in [0.25, 0.3) is 5.70 Å². The maximum atomic E-state index is 9.34. The monoisotopic (exact) mass is 326 g/mol. The first-order valence-corrected chi connectivity index (χ1v) is 8.82. The van der Waals surface area contributed by atoms with Crippen molar-refractivity contribution in [2.45, 2.75) is 53.9 Å². The fourth-order valence-electron chi connectivity index (χ4n) is 2.07. The average Bonchev–Trinajstić information content (AvgIpc) is 2.62. The van der Waals surface area contributed by atoms with E-state index in [1.165, 1.54) is 0 Å². The third-order valence-electron chi connectivity index (χ3n) is 3.98. The molecule has 1 rings (SSSR count). The molecular weight excluding hydrogens is 296 g/mol. The summed E-state index contributed by atoms with van der Waals surface area (Å²) < 4.78 is 5.91. The van der Waals surface area contributed by atoms with Crippen LogP contribution in [0, 0.1) is 17.2 Å². The van der Waals surface area contributed by atoms with Gasteiger partial charge in [-0.25, -0.2) is 0 Å². The van der Waals surface area contributed by atoms with Crippen LogP contribution < -0.4 is 10.1 Å². The number of unbranched alkanes of at least 4 members (excludes halogenated alkanes) is 1. The van der Waals surface area contributed by atoms with Crippen molar-refractivity contribution >= 4 is 5.70 Å². The predicted molar refractivity (Wildman–Crippen MR) is 102 cm³/mol. The van der Waals surface area contributed by atoms with Crippen LogP contribution in [0.5, 0.6) is 5.75 Å². The van der Waals surface area contributed by atoms with Crippen LogP contribution in [0.3, 0.4) is 0 Å². The molecule has 0 aromatic heterocycles. The fraction of sp³-hybridized carbons (Fsp3) is 0.476. The van der Waals surface area contributed by atoms with Gasteiger partial charge in [-0.3, -0.25) is 0 Å². The molecule has 0 unspecified atom stereocenters. The molecule has 0 aliphatic heterocycles. The number of ether oxygens (including phenoxy) is 1. The molecule has 3 nitrogen and oxygen atoms in total. The summed E-state index contributed by atoms with van der Waals surface area (Å²) in [5, 5.41) is 12.8. The SMILES string of the molecule is C/C=C(/C)N/C(=C/CCC)c1cc(C#N)cc(OC[C@@H](C)CC)c1. The van der Waals surface area contributed by atoms with Gasteiger partial charge in [0.25, 0.3) is 0 Å². The van der Waals surface area contributed by atoms with E-state index in [1.54, 1.807) is 0 Å². The maximum Gasteiger partial charge on any atom is 0.121 e. The maximum absolute atomic E-state index is 9.34. The van der Waals surface area contributed by atoms with E-state index >= 15 is 0 Å². The molecule has 0 spiro atoms. The van der Waals surface area contributed by atoms with Gasteiger partial charge in [-0.2, -0.15) is 5.26 Å². The highest BCUT2D eigenvalue weighted by atomic mass is 16.5. The molecule has 0 aliphatic carbocycles. The second-order valence-corrected chi connectivity index (χ2v) is 6.19. The summed E-state index contributed by atoms with van der Waals surface area (Å²) in [7, 11) is 0. The van der Waals surface area contributed by atoms with Gasteiger partial charge in [-0.15, -0.1) is 0 Å². The van der Waals surface area contributed by atoms with Gasteiger partial charge in [0.2, 0.25) is 0 Å². The van der Waals surface area contributed by atoms with Gasteiger partial charge in [0.15, 0.2) is 0 Å². The number of hydrogen-bond donors (Lipinski definition) is 1. The quantitative estimate of drug-likeness (QED) is 0.639. The Hall–Kier alpha value is -2.21. The van der Waals surface area contributed by atoms with Crippen molar-refractivity contribution < 1.29 is 4.74 Å². The van der Waals surface area contributed by atoms with Crippen LogP contribution in [0.15, 0.2) is 36.0 Å². The molecule has 1 aromatic rings. The molecule has 0 saturated heterocycles. The molecule has 0 bridgehead atoms. The number of nitriles is 1. The van der Waals surface area contributed by atoms with Crippen molar-refractivity contribution in [3.05, 3.63) is 47.2 Å². The summed E-state index contributed by atoms with van der Waals surface area (Å²) in [6, 6.07) is 7.97. The number of nitrogens with zero attached hydrogens (tertiary/aromatic N) is 1. The first-order valence-electron chi connectivity index (χ1n) is 8.82. The van der Waals surface area contributed by atoms with E-state index in [0.717, 1.165) is 42.0 Å². The Morgan fingerprint density at radius 2 is 2.08 bits per heavy atom. The van der Waals surface area contributed by atoms with E-state index in [0.29, 0.717) is 18.1 Å². The van der Waals surface area contributed by atoms with Gasteiger partial charge in [0.1, 0.15) is 5.75 Å². The summed E-state index contributed by atoms with van der Waals surface area (Å²) >= 11 is 0. The molecule has 1 aromatic carbocycles. The fourth-order valence-corrected chi connectivity index (χ4v) is 2.07. The summed E-state index contributed by atoms with van der Waals surface area (Å²) in [5.74, 6) is 1.25. The number of rotatable bonds is 9. The average molecular weight is 326 g/mol. The predicted octanol–water partition coefficient (Wildman–Crippen LogP) is 5.64. The van der Waals surface area contributed by atoms with Gasteiger partial charge < -0.3 is 10.1 Å². The minimum atomic E-state index is 0.498. The summed E-state index contributed by atoms with van der Waals surface area (Å²) in [6.07, 6.45) is 7.36. The Morgan fingerprint density at radius 1 is 1.33 bits per heavy atom. The standard InChI is InChI=1S/C21H30N2O/c1-6-9-10-21(23-17(5)8-3)19-11-18(14-22)12-20(13-19)24-15-16(4)7-2/h8,10-13,16,23H,6-7,9,15H2,1-5H3/b17-8-,21-10+/t16-/m0/s1. The van der Waals surface area contributed by atoms with Crippen molar-refractivity contribution in [1.29, 1.82) is 5.26 Å². The van der Waals surface area contributed by atoms with Gasteiger partial charge in [-0.1, -0.05) is 45.8 Å². The molecule has 1 N–H and O–H groups in total. The molecule has 0 fully saturated rings. The van der Waals surface area contributed by atoms with E-state index in [4.69, 9.17) is 4.74 Å². The Bertz CT molecular complexity index is 623. The molecule has 0 heterocycles. The van der Waals surface area contributed by atoms with E-state index in [1.807, 2.05) is 38.1 Å². The number of nitrogens with one attached hydrogen (secondary N) is 1. The molecule has 24 heavy (non-hydrogen) atoms. The minimum Gasteiger partial charge on any atom is -0.493 e. The van der Waals surface area contributed by atoms with Crippen molar-refractivity contribution in [2.24, 2.45) is 5.92 Å². The van der Waals surface area contributed by atoms with Gasteiger partial charge >= 0.3 is 0 Å². The summed E-state index contributed by atoms with van der Waals surface area (Å²) in [4.78, 5) is 0. The van der Waals surface area contributed by atoms with Crippen LogP contribution in [0.1, 0.15) is 65.0 Å². The van der Waals surface area contributed by atoms with E-state index in [2.05, 4.69) is 38.2 Å². The molecular formula is C21H30N2O. The van der Waals surface area contributed by atoms with Crippen molar-refractivity contribution in [3.63, 3.8) is 0 Å². The first kappa shape index (κ1) is 19.8. The van der Waals surface area contributed by atoms with Gasteiger partial charge in [-0.05, 0) is 44.4 Å². The van der Waals surface area contributed by atoms with Gasteiger partial charge in [0.05, 0.1) is 18.2 Å². The summed E-state index contributed by atoms with van der Waals surface area (Å²) in [6.45, 7) is 11.2. The zero-order valence-corrected chi connectivity index (χ0v) is 15.6. The van der Waals surface area contributed by atoms with E-state index in [9.17, 15) is 5.26 Å². The molecule has 0 saturated carbocycles. The molecule has 0 aliphatic rings. The highest BCUT2D eigenvalue weighted by molar-refractivity contribution is 5.68. The Balaban J connectivity index is 3.15. The Kier molecular flexibility index (Phi) is 8.71. The second-order valence-electron chi connectivity index (χ2n) is 6.19. The Morgan fingerprint density at radius 3 is 2.67 bits per heavy atom. The molecule has 0 amide bonds. The number of allylic oxidation sites excluding steroid dienone is 3. The lowest BCUT2D eigenvalue weighted by Crippen LogP contribution is -2.11. The van der Waals surface area contributed by atoms with Crippen molar-refractivity contribution in [2.75, 3.05) is 6.61 Å². The van der Waals surface area contributed by atoms with Crippen LogP contribution in [-0.4, -0.2) is 6.61 Å². The molecule has 130 valence electrons. The first-order chi connectivity index (χ1) is 11.5. The highest BCUT2D eigenvalue weighted by Gasteiger charge is 2.08. The number of hydrogen-bond acceptors (Lipinski definition) is 3. The lowest BCUT2D eigenvalue weighted by Gasteiger charge is -2.15. The summed E-state index contributed by atoms with van der Waals surface area (Å²) in [5.41, 5.74) is 3.72. The minimum absolute atomic E-state index is 0.498. The molecule has 0 radical (unpaired) electrons. The van der Waals surface area contributed by atoms with Crippen molar-refractivity contribution in [3.8, 4) is 11.8 Å². The number of benzene rings is 1. The van der Waals surface area contributed by atoms with E-state index in [-0.39, 0.29) is 0 Å².